The number of hydrogen-bond acceptors (Lipinski definition) is 2. The Morgan fingerprint density at radius 2 is 2.14 bits per heavy atom. The molecule has 0 aromatic heterocycles. The number of likely N-dealkylation sites (N-methyl/N-ethyl adjacent to an activating group) is 1. The summed E-state index contributed by atoms with van der Waals surface area (Å²) in [7, 11) is 2.04. The first-order valence-corrected chi connectivity index (χ1v) is 5.33. The maximum atomic E-state index is 3.54. The molecule has 0 aliphatic carbocycles. The van der Waals surface area contributed by atoms with Crippen LogP contribution < -0.4 is 10.6 Å². The molecule has 2 N–H and O–H groups in total. The van der Waals surface area contributed by atoms with Crippen LogP contribution in [0.3, 0.4) is 0 Å². The van der Waals surface area contributed by atoms with Crippen molar-refractivity contribution in [1.82, 2.24) is 10.6 Å². The molecule has 14 heavy (non-hydrogen) atoms. The fraction of sp³-hybridized carbons (Fsp3) is 0.500. The van der Waals surface area contributed by atoms with Gasteiger partial charge in [-0.2, -0.15) is 0 Å². The van der Waals surface area contributed by atoms with Crippen LogP contribution in [-0.4, -0.2) is 25.7 Å². The highest BCUT2D eigenvalue weighted by atomic mass is 15.0. The molecular weight excluding hydrogens is 172 g/mol. The van der Waals surface area contributed by atoms with Gasteiger partial charge in [0.1, 0.15) is 0 Å². The van der Waals surface area contributed by atoms with Gasteiger partial charge in [0, 0.05) is 18.6 Å². The molecule has 1 aliphatic rings. The molecule has 1 aromatic carbocycles. The molecular formula is C12H18N2. The molecule has 0 radical (unpaired) electrons. The van der Waals surface area contributed by atoms with Gasteiger partial charge in [0.15, 0.2) is 0 Å². The second-order valence-corrected chi connectivity index (χ2v) is 4.02. The van der Waals surface area contributed by atoms with Gasteiger partial charge in [-0.15, -0.1) is 0 Å². The molecule has 1 heterocycles. The Balaban J connectivity index is 1.88. The Bertz CT molecular complexity index is 271. The highest BCUT2D eigenvalue weighted by molar-refractivity contribution is 5.16. The molecule has 2 rings (SSSR count). The van der Waals surface area contributed by atoms with Crippen molar-refractivity contribution in [2.75, 3.05) is 13.6 Å². The van der Waals surface area contributed by atoms with E-state index in [-0.39, 0.29) is 0 Å². The minimum atomic E-state index is 0.648. The fourth-order valence-electron chi connectivity index (χ4n) is 2.09. The number of nitrogens with one attached hydrogen (secondary N) is 2. The van der Waals surface area contributed by atoms with Crippen molar-refractivity contribution in [2.45, 2.75) is 24.9 Å². The summed E-state index contributed by atoms with van der Waals surface area (Å²) in [5.41, 5.74) is 1.43. The lowest BCUT2D eigenvalue weighted by molar-refractivity contribution is 0.571. The van der Waals surface area contributed by atoms with Gasteiger partial charge >= 0.3 is 0 Å². The lowest BCUT2D eigenvalue weighted by Crippen LogP contribution is -2.27. The molecule has 2 heteroatoms. The van der Waals surface area contributed by atoms with Gasteiger partial charge in [0.25, 0.3) is 0 Å². The molecule has 1 saturated heterocycles. The van der Waals surface area contributed by atoms with Gasteiger partial charge in [-0.05, 0) is 25.5 Å². The summed E-state index contributed by atoms with van der Waals surface area (Å²) < 4.78 is 0. The highest BCUT2D eigenvalue weighted by Crippen LogP contribution is 2.12. The first kappa shape index (κ1) is 9.69. The van der Waals surface area contributed by atoms with Crippen LogP contribution in [-0.2, 0) is 6.42 Å². The Labute approximate surface area is 85.7 Å². The summed E-state index contributed by atoms with van der Waals surface area (Å²) >= 11 is 0. The Hall–Kier alpha value is -0.860. The van der Waals surface area contributed by atoms with Crippen LogP contribution in [0, 0.1) is 0 Å². The van der Waals surface area contributed by atoms with Gasteiger partial charge < -0.3 is 10.6 Å². The van der Waals surface area contributed by atoms with Gasteiger partial charge in [0.2, 0.25) is 0 Å². The van der Waals surface area contributed by atoms with E-state index in [9.17, 15) is 0 Å². The van der Waals surface area contributed by atoms with Gasteiger partial charge in [-0.25, -0.2) is 0 Å². The van der Waals surface area contributed by atoms with Crippen LogP contribution in [0.2, 0.25) is 0 Å². The monoisotopic (exact) mass is 190 g/mol. The molecule has 1 fully saturated rings. The van der Waals surface area contributed by atoms with Crippen LogP contribution in [0.15, 0.2) is 30.3 Å². The normalized spacial score (nSPS) is 26.6. The summed E-state index contributed by atoms with van der Waals surface area (Å²) in [6.07, 6.45) is 2.39. The molecule has 1 aliphatic heterocycles. The standard InChI is InChI=1S/C12H18N2/c1-13-12-8-11(14-9-12)7-10-5-3-2-4-6-10/h2-6,11-14H,7-9H2,1H3/t11?,12-/m0/s1. The van der Waals surface area contributed by atoms with E-state index in [0.717, 1.165) is 13.0 Å². The van der Waals surface area contributed by atoms with E-state index in [0.29, 0.717) is 12.1 Å². The summed E-state index contributed by atoms with van der Waals surface area (Å²) in [5, 5.41) is 6.86. The predicted molar refractivity (Wildman–Crippen MR) is 59.4 cm³/mol. The van der Waals surface area contributed by atoms with Crippen LogP contribution in [0.25, 0.3) is 0 Å². The average molecular weight is 190 g/mol. The Kier molecular flexibility index (Phi) is 3.17. The van der Waals surface area contributed by atoms with Crippen molar-refractivity contribution in [1.29, 1.82) is 0 Å². The van der Waals surface area contributed by atoms with E-state index < -0.39 is 0 Å². The van der Waals surface area contributed by atoms with Crippen LogP contribution in [0.5, 0.6) is 0 Å². The average Bonchev–Trinajstić information content (AvgIpc) is 2.67. The van der Waals surface area contributed by atoms with Crippen molar-refractivity contribution in [2.24, 2.45) is 0 Å². The van der Waals surface area contributed by atoms with E-state index in [1.54, 1.807) is 0 Å². The van der Waals surface area contributed by atoms with E-state index in [2.05, 4.69) is 41.0 Å². The van der Waals surface area contributed by atoms with E-state index in [4.69, 9.17) is 0 Å². The number of rotatable bonds is 3. The zero-order valence-electron chi connectivity index (χ0n) is 8.66. The molecule has 0 saturated carbocycles. The van der Waals surface area contributed by atoms with Crippen molar-refractivity contribution >= 4 is 0 Å². The number of hydrogen-bond donors (Lipinski definition) is 2. The van der Waals surface area contributed by atoms with Crippen molar-refractivity contribution in [3.05, 3.63) is 35.9 Å². The van der Waals surface area contributed by atoms with Crippen molar-refractivity contribution < 1.29 is 0 Å². The summed E-state index contributed by atoms with van der Waals surface area (Å²) in [5.74, 6) is 0. The van der Waals surface area contributed by atoms with Gasteiger partial charge in [0.05, 0.1) is 0 Å². The first-order valence-electron chi connectivity index (χ1n) is 5.33. The van der Waals surface area contributed by atoms with Gasteiger partial charge in [-0.1, -0.05) is 30.3 Å². The van der Waals surface area contributed by atoms with Crippen LogP contribution in [0.1, 0.15) is 12.0 Å². The van der Waals surface area contributed by atoms with Gasteiger partial charge in [-0.3, -0.25) is 0 Å². The van der Waals surface area contributed by atoms with E-state index in [1.807, 2.05) is 7.05 Å². The van der Waals surface area contributed by atoms with Crippen molar-refractivity contribution in [3.63, 3.8) is 0 Å². The van der Waals surface area contributed by atoms with Crippen LogP contribution >= 0.6 is 0 Å². The summed E-state index contributed by atoms with van der Waals surface area (Å²) in [6.45, 7) is 1.11. The molecule has 1 unspecified atom stereocenters. The van der Waals surface area contributed by atoms with E-state index >= 15 is 0 Å². The van der Waals surface area contributed by atoms with Crippen molar-refractivity contribution in [3.8, 4) is 0 Å². The fourth-order valence-corrected chi connectivity index (χ4v) is 2.09. The molecule has 76 valence electrons. The quantitative estimate of drug-likeness (QED) is 0.748. The van der Waals surface area contributed by atoms with Crippen LogP contribution in [0.4, 0.5) is 0 Å². The zero-order chi connectivity index (χ0) is 9.80. The molecule has 1 aromatic rings. The third-order valence-corrected chi connectivity index (χ3v) is 2.96. The largest absolute Gasteiger partial charge is 0.316 e. The molecule has 0 spiro atoms. The zero-order valence-corrected chi connectivity index (χ0v) is 8.66. The maximum absolute atomic E-state index is 3.54. The smallest absolute Gasteiger partial charge is 0.0204 e. The summed E-state index contributed by atoms with van der Waals surface area (Å²) in [4.78, 5) is 0. The minimum Gasteiger partial charge on any atom is -0.316 e. The second-order valence-electron chi connectivity index (χ2n) is 4.02. The lowest BCUT2D eigenvalue weighted by Gasteiger charge is -2.10. The molecule has 2 nitrogen and oxygen atoms in total. The SMILES string of the molecule is CN[C@@H]1CNC(Cc2ccccc2)C1. The third kappa shape index (κ3) is 2.34. The summed E-state index contributed by atoms with van der Waals surface area (Å²) in [6, 6.07) is 12.0. The maximum Gasteiger partial charge on any atom is 0.0204 e. The van der Waals surface area contributed by atoms with E-state index in [1.165, 1.54) is 12.0 Å². The topological polar surface area (TPSA) is 24.1 Å². The molecule has 0 amide bonds. The molecule has 2 atom stereocenters. The third-order valence-electron chi connectivity index (χ3n) is 2.96. The lowest BCUT2D eigenvalue weighted by atomic mass is 10.0. The minimum absolute atomic E-state index is 0.648. The molecule has 0 bridgehead atoms. The predicted octanol–water partition coefficient (Wildman–Crippen LogP) is 1.18. The Morgan fingerprint density at radius 3 is 2.79 bits per heavy atom. The Morgan fingerprint density at radius 1 is 1.36 bits per heavy atom. The first-order chi connectivity index (χ1) is 6.88. The highest BCUT2D eigenvalue weighted by Gasteiger charge is 2.22. The number of benzene rings is 1. The second kappa shape index (κ2) is 4.58.